The number of carboxylic acids is 1. The number of aliphatic carboxylic acids is 1. The topological polar surface area (TPSA) is 37.3 Å². The minimum Gasteiger partial charge on any atom is -0.481 e. The van der Waals surface area contributed by atoms with Gasteiger partial charge in [0.25, 0.3) is 0 Å². The molecule has 0 aromatic carbocycles. The third-order valence-corrected chi connectivity index (χ3v) is 3.02. The molecule has 0 spiro atoms. The van der Waals surface area contributed by atoms with Crippen molar-refractivity contribution in [2.75, 3.05) is 0 Å². The molecular weight excluding hydrogens is 224 g/mol. The fourth-order valence-electron chi connectivity index (χ4n) is 1.93. The molecule has 0 bridgehead atoms. The molecule has 0 unspecified atom stereocenters. The third-order valence-electron chi connectivity index (χ3n) is 3.02. The Morgan fingerprint density at radius 2 is 1.33 bits per heavy atom. The second kappa shape index (κ2) is 14.5. The van der Waals surface area contributed by atoms with Crippen molar-refractivity contribution in [2.24, 2.45) is 0 Å². The van der Waals surface area contributed by atoms with Gasteiger partial charge in [0.1, 0.15) is 0 Å². The monoisotopic (exact) mass is 260 g/mol. The van der Waals surface area contributed by atoms with Crippen molar-refractivity contribution in [3.8, 4) is 0 Å². The van der Waals surface area contributed by atoms with Gasteiger partial charge in [-0.15, -0.1) is 0 Å². The van der Waals surface area contributed by atoms with Crippen LogP contribution in [0.15, 0.2) is 0 Å². The van der Waals surface area contributed by atoms with E-state index < -0.39 is 25.1 Å². The minimum absolute atomic E-state index is 0.167. The summed E-state index contributed by atoms with van der Waals surface area (Å²) in [6, 6.07) is 0. The van der Waals surface area contributed by atoms with E-state index in [-0.39, 0.29) is 6.42 Å². The van der Waals surface area contributed by atoms with Crippen LogP contribution in [0.4, 0.5) is 0 Å². The number of carbonyl (C=O) groups is 1. The predicted octanol–water partition coefficient (Wildman–Crippen LogP) is 5.55. The number of unbranched alkanes of at least 4 members (excludes halogenated alkanes) is 9. The Morgan fingerprint density at radius 1 is 0.889 bits per heavy atom. The molecule has 0 aliphatic rings. The molecule has 0 aromatic rings. The fourth-order valence-corrected chi connectivity index (χ4v) is 1.93. The van der Waals surface area contributed by atoms with E-state index in [0.717, 1.165) is 19.3 Å². The molecule has 0 aromatic heterocycles. The molecule has 2 heteroatoms. The molecule has 0 fully saturated rings. The zero-order chi connectivity index (χ0) is 17.0. The molecule has 0 radical (unpaired) electrons. The highest BCUT2D eigenvalue weighted by molar-refractivity contribution is 5.66. The van der Waals surface area contributed by atoms with Gasteiger partial charge in [-0.05, 0) is 6.40 Å². The van der Waals surface area contributed by atoms with Crippen LogP contribution in [-0.2, 0) is 4.79 Å². The van der Waals surface area contributed by atoms with Gasteiger partial charge in [0.05, 0.1) is 0 Å². The van der Waals surface area contributed by atoms with Gasteiger partial charge in [-0.3, -0.25) is 4.79 Å². The van der Waals surface area contributed by atoms with Crippen LogP contribution in [0.3, 0.4) is 0 Å². The molecule has 0 heterocycles. The molecule has 1 N–H and O–H groups in total. The maximum Gasteiger partial charge on any atom is 0.303 e. The van der Waals surface area contributed by atoms with Crippen LogP contribution >= 0.6 is 0 Å². The first kappa shape index (κ1) is 11.3. The summed E-state index contributed by atoms with van der Waals surface area (Å²) in [7, 11) is 0. The van der Waals surface area contributed by atoms with Crippen molar-refractivity contribution < 1.29 is 15.4 Å². The van der Waals surface area contributed by atoms with Gasteiger partial charge in [-0.2, -0.15) is 0 Å². The second-order valence-corrected chi connectivity index (χ2v) is 4.81. The summed E-state index contributed by atoms with van der Waals surface area (Å²) in [5, 5.41) is 8.69. The summed E-state index contributed by atoms with van der Waals surface area (Å²) in [5.41, 5.74) is 0. The van der Waals surface area contributed by atoms with E-state index in [0.29, 0.717) is 6.42 Å². The molecule has 0 rings (SSSR count). The molecule has 18 heavy (non-hydrogen) atoms. The largest absolute Gasteiger partial charge is 0.481 e. The Hall–Kier alpha value is -0.530. The van der Waals surface area contributed by atoms with Gasteiger partial charge < -0.3 is 5.11 Å². The average molecular weight is 260 g/mol. The van der Waals surface area contributed by atoms with Gasteiger partial charge in [0.15, 0.2) is 0 Å². The average Bonchev–Trinajstić information content (AvgIpc) is 2.47. The van der Waals surface area contributed by atoms with Gasteiger partial charge >= 0.3 is 5.97 Å². The highest BCUT2D eigenvalue weighted by Gasteiger charge is 1.96. The zero-order valence-electron chi connectivity index (χ0n) is 15.8. The lowest BCUT2D eigenvalue weighted by atomic mass is 10.0. The SMILES string of the molecule is [2H][C@@H](C(=O)O)[C@H]([2H])C([2H])([2H])CCCCCCCCCCCC. The van der Waals surface area contributed by atoms with E-state index in [1.807, 2.05) is 0 Å². The molecule has 0 aliphatic carbocycles. The van der Waals surface area contributed by atoms with Crippen molar-refractivity contribution >= 4 is 5.97 Å². The molecular formula is C16H32O2. The van der Waals surface area contributed by atoms with Gasteiger partial charge in [0, 0.05) is 11.9 Å². The van der Waals surface area contributed by atoms with Gasteiger partial charge in [-0.1, -0.05) is 83.9 Å². The van der Waals surface area contributed by atoms with E-state index in [1.165, 1.54) is 38.5 Å². The first-order chi connectivity index (χ1) is 10.3. The number of hydrogen-bond acceptors (Lipinski definition) is 1. The van der Waals surface area contributed by atoms with Crippen molar-refractivity contribution in [3.63, 3.8) is 0 Å². The van der Waals surface area contributed by atoms with E-state index in [1.54, 1.807) is 0 Å². The summed E-state index contributed by atoms with van der Waals surface area (Å²) >= 11 is 0. The molecule has 2 nitrogen and oxygen atoms in total. The highest BCUT2D eigenvalue weighted by atomic mass is 16.4. The van der Waals surface area contributed by atoms with Crippen LogP contribution in [0, 0.1) is 0 Å². The van der Waals surface area contributed by atoms with Crippen LogP contribution < -0.4 is 0 Å². The smallest absolute Gasteiger partial charge is 0.303 e. The summed E-state index contributed by atoms with van der Waals surface area (Å²) in [4.78, 5) is 10.7. The number of rotatable bonds is 14. The Kier molecular flexibility index (Phi) is 9.13. The molecule has 108 valence electrons. The first-order valence-corrected chi connectivity index (χ1v) is 7.40. The first-order valence-electron chi connectivity index (χ1n) is 9.55. The minimum atomic E-state index is -1.90. The Labute approximate surface area is 119 Å². The molecule has 0 saturated carbocycles. The molecule has 2 atom stereocenters. The summed E-state index contributed by atoms with van der Waals surface area (Å²) in [6.07, 6.45) is 6.53. The fraction of sp³-hybridized carbons (Fsp3) is 0.938. The van der Waals surface area contributed by atoms with E-state index in [4.69, 9.17) is 10.6 Å². The lowest BCUT2D eigenvalue weighted by Crippen LogP contribution is -1.93. The Bertz CT molecular complexity index is 298. The van der Waals surface area contributed by atoms with Crippen molar-refractivity contribution in [1.29, 1.82) is 0 Å². The lowest BCUT2D eigenvalue weighted by molar-refractivity contribution is -0.137. The van der Waals surface area contributed by atoms with Crippen LogP contribution in [0.5, 0.6) is 0 Å². The van der Waals surface area contributed by atoms with Crippen molar-refractivity contribution in [3.05, 3.63) is 0 Å². The van der Waals surface area contributed by atoms with Crippen LogP contribution in [0.2, 0.25) is 0 Å². The third kappa shape index (κ3) is 15.5. The summed E-state index contributed by atoms with van der Waals surface area (Å²) in [6.45, 7) is 2.21. The Balaban J connectivity index is 3.66. The van der Waals surface area contributed by atoms with Gasteiger partial charge in [0.2, 0.25) is 0 Å². The maximum absolute atomic E-state index is 10.7. The maximum atomic E-state index is 10.7. The van der Waals surface area contributed by atoms with E-state index in [2.05, 4.69) is 6.92 Å². The Morgan fingerprint density at radius 3 is 1.78 bits per heavy atom. The summed E-state index contributed by atoms with van der Waals surface area (Å²) in [5.74, 6) is -1.42. The number of carboxylic acid groups (broad SMARTS) is 1. The van der Waals surface area contributed by atoms with Gasteiger partial charge in [-0.25, -0.2) is 0 Å². The highest BCUT2D eigenvalue weighted by Crippen LogP contribution is 2.12. The van der Waals surface area contributed by atoms with E-state index >= 15 is 0 Å². The van der Waals surface area contributed by atoms with Crippen molar-refractivity contribution in [2.45, 2.75) is 96.7 Å². The normalized spacial score (nSPS) is 18.3. The molecule has 0 saturated heterocycles. The number of hydrogen-bond donors (Lipinski definition) is 1. The summed E-state index contributed by atoms with van der Waals surface area (Å²) < 4.78 is 30.4. The lowest BCUT2D eigenvalue weighted by Gasteiger charge is -2.02. The molecule has 0 amide bonds. The molecule has 0 aliphatic heterocycles. The van der Waals surface area contributed by atoms with Crippen LogP contribution in [-0.4, -0.2) is 11.1 Å². The quantitative estimate of drug-likeness (QED) is 0.416. The predicted molar refractivity (Wildman–Crippen MR) is 77.9 cm³/mol. The standard InChI is InChI=1S/C16H32O2/c1-2-3-4-5-6-7-8-9-10-11-12-13-14-15-16(17)18/h2-15H2,1H3,(H,17,18)/i13D2,14D,15D/t14-,15-/m1/s1. The second-order valence-electron chi connectivity index (χ2n) is 4.81. The van der Waals surface area contributed by atoms with E-state index in [9.17, 15) is 4.79 Å². The van der Waals surface area contributed by atoms with Crippen LogP contribution in [0.25, 0.3) is 0 Å². The van der Waals surface area contributed by atoms with Crippen LogP contribution in [0.1, 0.15) is 102 Å². The van der Waals surface area contributed by atoms with Crippen molar-refractivity contribution in [1.82, 2.24) is 0 Å². The zero-order valence-corrected chi connectivity index (χ0v) is 11.8.